The molecule has 1 amide bonds. The van der Waals surface area contributed by atoms with E-state index < -0.39 is 12.1 Å². The van der Waals surface area contributed by atoms with Gasteiger partial charge in [0.25, 0.3) is 5.91 Å². The Bertz CT molecular complexity index is 879. The summed E-state index contributed by atoms with van der Waals surface area (Å²) < 4.78 is 15.9. The minimum atomic E-state index is -0.793. The number of fused-ring (bicyclic) bond motifs is 1. The smallest absolute Gasteiger partial charge is 0.306 e. The maximum atomic E-state index is 12.7. The molecule has 1 unspecified atom stereocenters. The van der Waals surface area contributed by atoms with Gasteiger partial charge in [0, 0.05) is 19.5 Å². The van der Waals surface area contributed by atoms with E-state index in [9.17, 15) is 9.59 Å². The zero-order chi connectivity index (χ0) is 20.8. The van der Waals surface area contributed by atoms with Gasteiger partial charge in [0.1, 0.15) is 0 Å². The third-order valence-corrected chi connectivity index (χ3v) is 5.16. The lowest BCUT2D eigenvalue weighted by molar-refractivity contribution is -0.159. The van der Waals surface area contributed by atoms with Gasteiger partial charge in [-0.1, -0.05) is 30.3 Å². The Labute approximate surface area is 171 Å². The summed E-state index contributed by atoms with van der Waals surface area (Å²) in [5, 5.41) is 0. The number of hydrogen-bond donors (Lipinski definition) is 0. The van der Waals surface area contributed by atoms with E-state index in [1.165, 1.54) is 5.56 Å². The minimum Gasteiger partial charge on any atom is -0.493 e. The highest BCUT2D eigenvalue weighted by atomic mass is 16.5. The summed E-state index contributed by atoms with van der Waals surface area (Å²) in [4.78, 5) is 26.7. The van der Waals surface area contributed by atoms with Crippen LogP contribution in [-0.2, 0) is 33.7 Å². The van der Waals surface area contributed by atoms with Crippen molar-refractivity contribution < 1.29 is 23.8 Å². The second-order valence-corrected chi connectivity index (χ2v) is 7.10. The Kier molecular flexibility index (Phi) is 6.75. The lowest BCUT2D eigenvalue weighted by atomic mass is 9.99. The van der Waals surface area contributed by atoms with Crippen molar-refractivity contribution in [3.63, 3.8) is 0 Å². The van der Waals surface area contributed by atoms with Gasteiger partial charge in [-0.2, -0.15) is 0 Å². The Morgan fingerprint density at radius 3 is 2.48 bits per heavy atom. The van der Waals surface area contributed by atoms with E-state index >= 15 is 0 Å². The van der Waals surface area contributed by atoms with E-state index in [1.807, 2.05) is 30.3 Å². The van der Waals surface area contributed by atoms with Crippen molar-refractivity contribution >= 4 is 11.9 Å². The summed E-state index contributed by atoms with van der Waals surface area (Å²) in [6.07, 6.45) is 0.716. The van der Waals surface area contributed by atoms with E-state index in [0.29, 0.717) is 31.0 Å². The maximum Gasteiger partial charge on any atom is 0.306 e. The summed E-state index contributed by atoms with van der Waals surface area (Å²) in [6, 6.07) is 13.6. The molecular formula is C23H27NO5. The molecule has 0 bridgehead atoms. The first-order valence-electron chi connectivity index (χ1n) is 9.77. The van der Waals surface area contributed by atoms with Crippen LogP contribution in [0.1, 0.15) is 30.0 Å². The largest absolute Gasteiger partial charge is 0.493 e. The number of rotatable bonds is 7. The molecule has 0 saturated carbocycles. The van der Waals surface area contributed by atoms with E-state index in [2.05, 4.69) is 6.07 Å². The van der Waals surface area contributed by atoms with E-state index in [4.69, 9.17) is 14.2 Å². The molecule has 0 fully saturated rings. The fourth-order valence-corrected chi connectivity index (χ4v) is 3.53. The average Bonchev–Trinajstić information content (AvgIpc) is 2.76. The Hall–Kier alpha value is -3.02. The molecule has 0 N–H and O–H groups in total. The van der Waals surface area contributed by atoms with Gasteiger partial charge in [0.05, 0.1) is 14.2 Å². The molecule has 6 nitrogen and oxygen atoms in total. The van der Waals surface area contributed by atoms with Gasteiger partial charge in [-0.15, -0.1) is 0 Å². The number of carbonyl (C=O) groups excluding carboxylic acids is 2. The number of benzene rings is 2. The first kappa shape index (κ1) is 20.7. The summed E-state index contributed by atoms with van der Waals surface area (Å²) in [5.74, 6) is 0.713. The molecule has 0 radical (unpaired) electrons. The van der Waals surface area contributed by atoms with E-state index in [-0.39, 0.29) is 12.3 Å². The van der Waals surface area contributed by atoms with Crippen LogP contribution in [0.3, 0.4) is 0 Å². The normalized spacial score (nSPS) is 14.0. The van der Waals surface area contributed by atoms with Crippen molar-refractivity contribution in [2.24, 2.45) is 0 Å². The van der Waals surface area contributed by atoms with Gasteiger partial charge in [-0.25, -0.2) is 0 Å². The summed E-state index contributed by atoms with van der Waals surface area (Å²) >= 11 is 0. The van der Waals surface area contributed by atoms with Crippen molar-refractivity contribution in [1.82, 2.24) is 4.90 Å². The number of ether oxygens (including phenoxy) is 3. The highest BCUT2D eigenvalue weighted by molar-refractivity contribution is 5.83. The fraction of sp³-hybridized carbons (Fsp3) is 0.391. The number of esters is 1. The van der Waals surface area contributed by atoms with E-state index in [1.54, 1.807) is 32.1 Å². The van der Waals surface area contributed by atoms with Gasteiger partial charge in [0.15, 0.2) is 17.6 Å². The minimum absolute atomic E-state index is 0.154. The van der Waals surface area contributed by atoms with Crippen LogP contribution in [0.15, 0.2) is 42.5 Å². The quantitative estimate of drug-likeness (QED) is 0.672. The molecule has 3 rings (SSSR count). The lowest BCUT2D eigenvalue weighted by Gasteiger charge is -2.30. The second kappa shape index (κ2) is 9.45. The number of hydrogen-bond acceptors (Lipinski definition) is 5. The van der Waals surface area contributed by atoms with Crippen molar-refractivity contribution in [2.75, 3.05) is 20.8 Å². The Morgan fingerprint density at radius 2 is 1.76 bits per heavy atom. The standard InChI is InChI=1S/C23H27NO5/c1-16(23(26)24-13-12-18-6-4-5-7-19(18)15-24)29-22(25)11-9-17-8-10-20(27-2)21(14-17)28-3/h4-8,10,14,16H,9,11-13,15H2,1-3H3. The van der Waals surface area contributed by atoms with Crippen LogP contribution >= 0.6 is 0 Å². The molecule has 0 aromatic heterocycles. The topological polar surface area (TPSA) is 65.1 Å². The molecule has 6 heteroatoms. The van der Waals surface area contributed by atoms with Crippen LogP contribution in [0.4, 0.5) is 0 Å². The van der Waals surface area contributed by atoms with Gasteiger partial charge >= 0.3 is 5.97 Å². The molecule has 0 spiro atoms. The van der Waals surface area contributed by atoms with Crippen molar-refractivity contribution in [1.29, 1.82) is 0 Å². The first-order chi connectivity index (χ1) is 14.0. The number of methoxy groups -OCH3 is 2. The molecule has 0 aliphatic carbocycles. The zero-order valence-electron chi connectivity index (χ0n) is 17.1. The SMILES string of the molecule is COc1ccc(CCC(=O)OC(C)C(=O)N2CCc3ccccc3C2)cc1OC. The molecule has 0 saturated heterocycles. The third kappa shape index (κ3) is 5.08. The lowest BCUT2D eigenvalue weighted by Crippen LogP contribution is -2.42. The van der Waals surface area contributed by atoms with Crippen LogP contribution in [0.25, 0.3) is 0 Å². The van der Waals surface area contributed by atoms with Gasteiger partial charge < -0.3 is 19.1 Å². The zero-order valence-corrected chi connectivity index (χ0v) is 17.1. The van der Waals surface area contributed by atoms with Crippen molar-refractivity contribution in [2.45, 2.75) is 38.8 Å². The average molecular weight is 397 g/mol. The number of carbonyl (C=O) groups is 2. The molecule has 1 atom stereocenters. The van der Waals surface area contributed by atoms with Crippen LogP contribution in [0, 0.1) is 0 Å². The molecule has 1 aliphatic rings. The monoisotopic (exact) mass is 397 g/mol. The van der Waals surface area contributed by atoms with Gasteiger partial charge in [-0.05, 0) is 48.6 Å². The Balaban J connectivity index is 1.51. The van der Waals surface area contributed by atoms with Crippen LogP contribution in [-0.4, -0.2) is 43.6 Å². The van der Waals surface area contributed by atoms with Crippen LogP contribution < -0.4 is 9.47 Å². The fourth-order valence-electron chi connectivity index (χ4n) is 3.53. The van der Waals surface area contributed by atoms with Crippen LogP contribution in [0.5, 0.6) is 11.5 Å². The third-order valence-electron chi connectivity index (χ3n) is 5.16. The molecule has 29 heavy (non-hydrogen) atoms. The molecular weight excluding hydrogens is 370 g/mol. The summed E-state index contributed by atoms with van der Waals surface area (Å²) in [6.45, 7) is 2.84. The summed E-state index contributed by atoms with van der Waals surface area (Å²) in [7, 11) is 3.15. The molecule has 154 valence electrons. The maximum absolute atomic E-state index is 12.7. The number of nitrogens with zero attached hydrogens (tertiary/aromatic N) is 1. The Morgan fingerprint density at radius 1 is 1.03 bits per heavy atom. The van der Waals surface area contributed by atoms with E-state index in [0.717, 1.165) is 17.5 Å². The summed E-state index contributed by atoms with van der Waals surface area (Å²) in [5.41, 5.74) is 3.36. The molecule has 1 aliphatic heterocycles. The highest BCUT2D eigenvalue weighted by Crippen LogP contribution is 2.28. The van der Waals surface area contributed by atoms with Crippen LogP contribution in [0.2, 0.25) is 0 Å². The first-order valence-corrected chi connectivity index (χ1v) is 9.77. The highest BCUT2D eigenvalue weighted by Gasteiger charge is 2.26. The van der Waals surface area contributed by atoms with Crippen molar-refractivity contribution in [3.8, 4) is 11.5 Å². The number of amides is 1. The van der Waals surface area contributed by atoms with Gasteiger partial charge in [0.2, 0.25) is 0 Å². The van der Waals surface area contributed by atoms with Crippen molar-refractivity contribution in [3.05, 3.63) is 59.2 Å². The molecule has 2 aromatic rings. The predicted molar refractivity (Wildman–Crippen MR) is 109 cm³/mol. The predicted octanol–water partition coefficient (Wildman–Crippen LogP) is 3.15. The number of aryl methyl sites for hydroxylation is 1. The molecule has 2 aromatic carbocycles. The molecule has 1 heterocycles. The van der Waals surface area contributed by atoms with Gasteiger partial charge in [-0.3, -0.25) is 9.59 Å². The second-order valence-electron chi connectivity index (χ2n) is 7.10.